The number of allylic oxidation sites excluding steroid dienone is 3. The third-order valence-corrected chi connectivity index (χ3v) is 15.7. The number of rotatable bonds is 46. The van der Waals surface area contributed by atoms with E-state index in [2.05, 4.69) is 31.3 Å². The molecule has 0 aromatic carbocycles. The normalized spacial score (nSPS) is 30.4. The molecular formula is C60H111NO18. The first-order valence-electron chi connectivity index (χ1n) is 31.1. The van der Waals surface area contributed by atoms with Crippen molar-refractivity contribution in [3.8, 4) is 0 Å². The summed E-state index contributed by atoms with van der Waals surface area (Å²) in [6, 6.07) is -0.974. The van der Waals surface area contributed by atoms with Crippen LogP contribution in [0.25, 0.3) is 0 Å². The minimum atomic E-state index is -1.98. The molecule has 0 aliphatic carbocycles. The lowest BCUT2D eigenvalue weighted by Crippen LogP contribution is -2.66. The van der Waals surface area contributed by atoms with Crippen molar-refractivity contribution < 1.29 is 89.4 Å². The van der Waals surface area contributed by atoms with Crippen molar-refractivity contribution >= 4 is 5.91 Å². The second-order valence-corrected chi connectivity index (χ2v) is 22.5. The van der Waals surface area contributed by atoms with E-state index in [0.717, 1.165) is 64.2 Å². The van der Waals surface area contributed by atoms with Crippen molar-refractivity contribution in [2.45, 2.75) is 324 Å². The zero-order chi connectivity index (χ0) is 57.6. The molecule has 19 heteroatoms. The average molecular weight is 1130 g/mol. The molecule has 3 aliphatic heterocycles. The number of unbranched alkanes of at least 4 members (excludes halogenated alkanes) is 28. The molecule has 0 spiro atoms. The number of aliphatic hydroxyl groups is 11. The molecule has 17 atom stereocenters. The largest absolute Gasteiger partial charge is 0.394 e. The van der Waals surface area contributed by atoms with Gasteiger partial charge in [0.15, 0.2) is 18.9 Å². The van der Waals surface area contributed by atoms with Gasteiger partial charge in [0, 0.05) is 6.42 Å². The van der Waals surface area contributed by atoms with Gasteiger partial charge in [0.05, 0.1) is 38.6 Å². The van der Waals surface area contributed by atoms with E-state index in [9.17, 15) is 61.0 Å². The first-order chi connectivity index (χ1) is 38.3. The molecule has 0 saturated carbocycles. The van der Waals surface area contributed by atoms with E-state index in [-0.39, 0.29) is 18.9 Å². The zero-order valence-corrected chi connectivity index (χ0v) is 48.4. The maximum Gasteiger partial charge on any atom is 0.220 e. The standard InChI is InChI=1S/C60H111NO18/c1-3-5-7-9-11-13-15-17-18-19-20-21-22-23-24-26-27-29-31-33-35-37-44(65)43(61-48(66)38-36-34-32-30-28-25-16-14-12-10-8-6-4-2)42-74-58-54(72)51(69)56(46(40-63)76-58)79-60-55(73)52(70)57(47(41-64)77-60)78-59-53(71)50(68)49(67)45(39-62)75-59/h14,16,35,37,43-47,49-60,62-65,67-73H,3-13,15,17-34,36,38-42H2,1-2H3,(H,61,66)/b16-14-,37-35+. The fourth-order valence-electron chi connectivity index (χ4n) is 10.6. The minimum Gasteiger partial charge on any atom is -0.394 e. The van der Waals surface area contributed by atoms with Crippen molar-refractivity contribution in [2.24, 2.45) is 0 Å². The van der Waals surface area contributed by atoms with Gasteiger partial charge in [-0.25, -0.2) is 0 Å². The van der Waals surface area contributed by atoms with Crippen LogP contribution in [0.1, 0.15) is 219 Å². The SMILES string of the molecule is CCCCCC/C=C\CCCCCCCC(=O)NC(COC1OC(CO)C(OC2OC(CO)C(OC3OC(CO)C(O)C(O)C3O)C(O)C2O)C(O)C1O)C(O)/C=C/CCCCCCCCCCCCCCCCCCCCC. The quantitative estimate of drug-likeness (QED) is 0.0248. The monoisotopic (exact) mass is 1130 g/mol. The number of nitrogens with one attached hydrogen (secondary N) is 1. The van der Waals surface area contributed by atoms with Crippen LogP contribution < -0.4 is 5.32 Å². The van der Waals surface area contributed by atoms with E-state index in [1.54, 1.807) is 6.08 Å². The minimum absolute atomic E-state index is 0.234. The van der Waals surface area contributed by atoms with Crippen LogP contribution in [0.3, 0.4) is 0 Å². The molecule has 19 nitrogen and oxygen atoms in total. The predicted molar refractivity (Wildman–Crippen MR) is 300 cm³/mol. The Balaban J connectivity index is 1.49. The van der Waals surface area contributed by atoms with Crippen LogP contribution in [0.15, 0.2) is 24.3 Å². The smallest absolute Gasteiger partial charge is 0.220 e. The molecule has 0 radical (unpaired) electrons. The van der Waals surface area contributed by atoms with Crippen LogP contribution in [0.2, 0.25) is 0 Å². The van der Waals surface area contributed by atoms with Crippen molar-refractivity contribution in [3.63, 3.8) is 0 Å². The topological polar surface area (TPSA) is 307 Å². The molecule has 0 aromatic rings. The van der Waals surface area contributed by atoms with Gasteiger partial charge in [-0.1, -0.05) is 192 Å². The van der Waals surface area contributed by atoms with E-state index in [4.69, 9.17) is 28.4 Å². The number of aliphatic hydroxyl groups excluding tert-OH is 11. The average Bonchev–Trinajstić information content (AvgIpc) is 3.55. The number of hydrogen-bond donors (Lipinski definition) is 12. The molecule has 3 heterocycles. The van der Waals surface area contributed by atoms with Gasteiger partial charge >= 0.3 is 0 Å². The van der Waals surface area contributed by atoms with Gasteiger partial charge < -0.3 is 89.9 Å². The highest BCUT2D eigenvalue weighted by atomic mass is 16.8. The summed E-state index contributed by atoms with van der Waals surface area (Å²) in [6.07, 6.45) is 18.7. The Hall–Kier alpha value is -1.73. The summed E-state index contributed by atoms with van der Waals surface area (Å²) in [5, 5.41) is 120. The number of ether oxygens (including phenoxy) is 6. The Kier molecular flexibility index (Phi) is 39.7. The second kappa shape index (κ2) is 43.8. The Morgan fingerprint density at radius 1 is 0.443 bits per heavy atom. The first-order valence-corrected chi connectivity index (χ1v) is 31.1. The van der Waals surface area contributed by atoms with Gasteiger partial charge in [0.2, 0.25) is 5.91 Å². The fourth-order valence-corrected chi connectivity index (χ4v) is 10.6. The van der Waals surface area contributed by atoms with E-state index in [1.165, 1.54) is 128 Å². The summed E-state index contributed by atoms with van der Waals surface area (Å²) in [7, 11) is 0. The molecule has 464 valence electrons. The van der Waals surface area contributed by atoms with Crippen molar-refractivity contribution in [2.75, 3.05) is 26.4 Å². The number of carbonyl (C=O) groups is 1. The number of amides is 1. The second-order valence-electron chi connectivity index (χ2n) is 22.5. The van der Waals surface area contributed by atoms with Crippen LogP contribution in [0.4, 0.5) is 0 Å². The fraction of sp³-hybridized carbons (Fsp3) is 0.917. The molecule has 12 N–H and O–H groups in total. The van der Waals surface area contributed by atoms with Crippen molar-refractivity contribution in [3.05, 3.63) is 24.3 Å². The van der Waals surface area contributed by atoms with Crippen LogP contribution in [0, 0.1) is 0 Å². The molecular weight excluding hydrogens is 1020 g/mol. The molecule has 3 fully saturated rings. The highest BCUT2D eigenvalue weighted by Crippen LogP contribution is 2.33. The van der Waals surface area contributed by atoms with Gasteiger partial charge in [-0.3, -0.25) is 4.79 Å². The van der Waals surface area contributed by atoms with Crippen LogP contribution in [0.5, 0.6) is 0 Å². The number of hydrogen-bond acceptors (Lipinski definition) is 18. The van der Waals surface area contributed by atoms with E-state index < -0.39 is 124 Å². The predicted octanol–water partition coefficient (Wildman–Crippen LogP) is 5.93. The van der Waals surface area contributed by atoms with E-state index >= 15 is 0 Å². The Morgan fingerprint density at radius 2 is 0.797 bits per heavy atom. The summed E-state index contributed by atoms with van der Waals surface area (Å²) >= 11 is 0. The van der Waals surface area contributed by atoms with Gasteiger partial charge in [-0.15, -0.1) is 0 Å². The molecule has 3 saturated heterocycles. The molecule has 3 aliphatic rings. The summed E-state index contributed by atoms with van der Waals surface area (Å²) < 4.78 is 34.2. The zero-order valence-electron chi connectivity index (χ0n) is 48.4. The van der Waals surface area contributed by atoms with Crippen molar-refractivity contribution in [1.29, 1.82) is 0 Å². The van der Waals surface area contributed by atoms with E-state index in [0.29, 0.717) is 6.42 Å². The highest BCUT2D eigenvalue weighted by Gasteiger charge is 2.53. The molecule has 1 amide bonds. The Bertz CT molecular complexity index is 1540. The maximum absolute atomic E-state index is 13.3. The highest BCUT2D eigenvalue weighted by molar-refractivity contribution is 5.76. The van der Waals surface area contributed by atoms with Gasteiger partial charge in [0.1, 0.15) is 73.2 Å². The molecule has 3 rings (SSSR count). The lowest BCUT2D eigenvalue weighted by molar-refractivity contribution is -0.379. The van der Waals surface area contributed by atoms with Crippen LogP contribution in [-0.2, 0) is 33.2 Å². The summed E-state index contributed by atoms with van der Waals surface area (Å²) in [5.41, 5.74) is 0. The maximum atomic E-state index is 13.3. The molecule has 17 unspecified atom stereocenters. The summed E-state index contributed by atoms with van der Waals surface area (Å²) in [6.45, 7) is 1.71. The van der Waals surface area contributed by atoms with Crippen LogP contribution >= 0.6 is 0 Å². The molecule has 79 heavy (non-hydrogen) atoms. The Morgan fingerprint density at radius 3 is 1.24 bits per heavy atom. The third-order valence-electron chi connectivity index (χ3n) is 15.7. The summed E-state index contributed by atoms with van der Waals surface area (Å²) in [5.74, 6) is -0.284. The first kappa shape index (κ1) is 71.5. The van der Waals surface area contributed by atoms with Crippen molar-refractivity contribution in [1.82, 2.24) is 5.32 Å². The number of carbonyl (C=O) groups excluding carboxylic acids is 1. The van der Waals surface area contributed by atoms with E-state index in [1.807, 2.05) is 6.08 Å². The molecule has 0 aromatic heterocycles. The lowest BCUT2D eigenvalue weighted by atomic mass is 9.96. The Labute approximate surface area is 473 Å². The van der Waals surface area contributed by atoms with Gasteiger partial charge in [-0.05, 0) is 44.9 Å². The van der Waals surface area contributed by atoms with Gasteiger partial charge in [0.25, 0.3) is 0 Å². The van der Waals surface area contributed by atoms with Gasteiger partial charge in [-0.2, -0.15) is 0 Å². The van der Waals surface area contributed by atoms with Crippen LogP contribution in [-0.4, -0.2) is 193 Å². The molecule has 0 bridgehead atoms. The third kappa shape index (κ3) is 27.7. The lowest BCUT2D eigenvalue weighted by Gasteiger charge is -2.48. The summed E-state index contributed by atoms with van der Waals surface area (Å²) in [4.78, 5) is 13.3.